The maximum atomic E-state index is 12.8. The normalized spacial score (nSPS) is 11.7. The quantitative estimate of drug-likeness (QED) is 0.529. The third-order valence-corrected chi connectivity index (χ3v) is 4.80. The number of aromatic nitrogens is 2. The second kappa shape index (κ2) is 8.08. The minimum atomic E-state index is -0.663. The zero-order valence-corrected chi connectivity index (χ0v) is 16.4. The number of hydrogen-bond donors (Lipinski definition) is 1. The van der Waals surface area contributed by atoms with E-state index in [1.165, 1.54) is 0 Å². The molecule has 0 saturated heterocycles. The lowest BCUT2D eigenvalue weighted by Crippen LogP contribution is -2.35. The summed E-state index contributed by atoms with van der Waals surface area (Å²) >= 11 is 0. The molecule has 1 amide bonds. The third kappa shape index (κ3) is 3.81. The summed E-state index contributed by atoms with van der Waals surface area (Å²) in [4.78, 5) is 25.6. The second-order valence-electron chi connectivity index (χ2n) is 6.59. The average molecular weight is 377 g/mol. The van der Waals surface area contributed by atoms with Gasteiger partial charge in [-0.2, -0.15) is 5.10 Å². The van der Waals surface area contributed by atoms with Gasteiger partial charge < -0.3 is 10.1 Å². The number of carbonyl (C=O) groups is 2. The SMILES string of the molecule is COc1ccc(C(NC(=O)C(=O)c2c(C)nn(C)c2C)c2ccccc2)cc1. The Kier molecular flexibility index (Phi) is 5.59. The molecule has 3 aromatic rings. The van der Waals surface area contributed by atoms with Crippen LogP contribution in [0.2, 0.25) is 0 Å². The Hall–Kier alpha value is -3.41. The van der Waals surface area contributed by atoms with Gasteiger partial charge in [0.25, 0.3) is 11.7 Å². The highest BCUT2D eigenvalue weighted by Crippen LogP contribution is 2.24. The largest absolute Gasteiger partial charge is 0.497 e. The van der Waals surface area contributed by atoms with E-state index in [1.54, 1.807) is 32.7 Å². The molecule has 0 aliphatic rings. The molecule has 1 atom stereocenters. The van der Waals surface area contributed by atoms with Gasteiger partial charge in [0.15, 0.2) is 0 Å². The molecule has 0 saturated carbocycles. The van der Waals surface area contributed by atoms with Crippen molar-refractivity contribution in [2.75, 3.05) is 7.11 Å². The van der Waals surface area contributed by atoms with Gasteiger partial charge in [0, 0.05) is 12.7 Å². The lowest BCUT2D eigenvalue weighted by molar-refractivity contribution is -0.117. The predicted octanol–water partition coefficient (Wildman–Crippen LogP) is 3.13. The molecule has 1 unspecified atom stereocenters. The molecule has 6 heteroatoms. The molecule has 3 rings (SSSR count). The van der Waals surface area contributed by atoms with Crippen molar-refractivity contribution in [1.82, 2.24) is 15.1 Å². The highest BCUT2D eigenvalue weighted by atomic mass is 16.5. The van der Waals surface area contributed by atoms with Crippen LogP contribution < -0.4 is 10.1 Å². The molecule has 0 aliphatic carbocycles. The van der Waals surface area contributed by atoms with E-state index in [0.717, 1.165) is 16.9 Å². The van der Waals surface area contributed by atoms with Crippen LogP contribution in [0.25, 0.3) is 0 Å². The van der Waals surface area contributed by atoms with E-state index in [4.69, 9.17) is 4.74 Å². The maximum absolute atomic E-state index is 12.8. The molecule has 0 aliphatic heterocycles. The number of nitrogens with one attached hydrogen (secondary N) is 1. The Morgan fingerprint density at radius 2 is 1.61 bits per heavy atom. The Morgan fingerprint density at radius 1 is 1.00 bits per heavy atom. The Balaban J connectivity index is 1.92. The van der Waals surface area contributed by atoms with Gasteiger partial charge in [-0.25, -0.2) is 0 Å². The van der Waals surface area contributed by atoms with Gasteiger partial charge in [0.1, 0.15) is 5.75 Å². The zero-order valence-electron chi connectivity index (χ0n) is 16.4. The van der Waals surface area contributed by atoms with Gasteiger partial charge in [-0.1, -0.05) is 42.5 Å². The van der Waals surface area contributed by atoms with Crippen LogP contribution in [0.15, 0.2) is 54.6 Å². The summed E-state index contributed by atoms with van der Waals surface area (Å²) in [6.07, 6.45) is 0. The molecule has 1 N–H and O–H groups in total. The Bertz CT molecular complexity index is 992. The molecular formula is C22H23N3O3. The molecule has 0 bridgehead atoms. The molecule has 144 valence electrons. The number of benzene rings is 2. The minimum Gasteiger partial charge on any atom is -0.497 e. The summed E-state index contributed by atoms with van der Waals surface area (Å²) in [5.41, 5.74) is 3.29. The second-order valence-corrected chi connectivity index (χ2v) is 6.59. The van der Waals surface area contributed by atoms with Crippen molar-refractivity contribution >= 4 is 11.7 Å². The molecule has 2 aromatic carbocycles. The van der Waals surface area contributed by atoms with Crippen LogP contribution in [-0.4, -0.2) is 28.6 Å². The lowest BCUT2D eigenvalue weighted by Gasteiger charge is -2.20. The molecular weight excluding hydrogens is 354 g/mol. The summed E-state index contributed by atoms with van der Waals surface area (Å²) in [7, 11) is 3.35. The average Bonchev–Trinajstić information content (AvgIpc) is 2.97. The van der Waals surface area contributed by atoms with Crippen LogP contribution in [0.5, 0.6) is 5.75 Å². The number of rotatable bonds is 6. The van der Waals surface area contributed by atoms with Crippen molar-refractivity contribution in [2.24, 2.45) is 7.05 Å². The summed E-state index contributed by atoms with van der Waals surface area (Å²) < 4.78 is 6.81. The lowest BCUT2D eigenvalue weighted by atomic mass is 9.98. The topological polar surface area (TPSA) is 73.2 Å². The number of methoxy groups -OCH3 is 1. The van der Waals surface area contributed by atoms with E-state index >= 15 is 0 Å². The van der Waals surface area contributed by atoms with E-state index in [1.807, 2.05) is 54.6 Å². The van der Waals surface area contributed by atoms with Crippen LogP contribution in [0.1, 0.15) is 38.9 Å². The fourth-order valence-corrected chi connectivity index (χ4v) is 3.21. The van der Waals surface area contributed by atoms with Crippen LogP contribution in [-0.2, 0) is 11.8 Å². The van der Waals surface area contributed by atoms with E-state index in [9.17, 15) is 9.59 Å². The van der Waals surface area contributed by atoms with Gasteiger partial charge >= 0.3 is 0 Å². The molecule has 6 nitrogen and oxygen atoms in total. The Labute approximate surface area is 164 Å². The van der Waals surface area contributed by atoms with Crippen molar-refractivity contribution in [1.29, 1.82) is 0 Å². The standard InChI is InChI=1S/C22H23N3O3/c1-14-19(15(2)25(3)24-14)21(26)22(27)23-20(16-8-6-5-7-9-16)17-10-12-18(28-4)13-11-17/h5-13,20H,1-4H3,(H,23,27). The van der Waals surface area contributed by atoms with Gasteiger partial charge in [-0.05, 0) is 37.1 Å². The number of carbonyl (C=O) groups excluding carboxylic acids is 2. The first-order valence-electron chi connectivity index (χ1n) is 8.96. The molecule has 1 heterocycles. The van der Waals surface area contributed by atoms with Crippen LogP contribution in [0.4, 0.5) is 0 Å². The van der Waals surface area contributed by atoms with Gasteiger partial charge in [-0.3, -0.25) is 14.3 Å². The van der Waals surface area contributed by atoms with E-state index in [2.05, 4.69) is 10.4 Å². The summed E-state index contributed by atoms with van der Waals surface area (Å²) in [6, 6.07) is 16.5. The van der Waals surface area contributed by atoms with Crippen LogP contribution in [0.3, 0.4) is 0 Å². The van der Waals surface area contributed by atoms with Crippen LogP contribution >= 0.6 is 0 Å². The molecule has 0 fully saturated rings. The number of ether oxygens (including phenoxy) is 1. The monoisotopic (exact) mass is 377 g/mol. The maximum Gasteiger partial charge on any atom is 0.293 e. The van der Waals surface area contributed by atoms with E-state index in [0.29, 0.717) is 17.0 Å². The zero-order chi connectivity index (χ0) is 20.3. The summed E-state index contributed by atoms with van der Waals surface area (Å²) in [5.74, 6) is -0.527. The molecule has 28 heavy (non-hydrogen) atoms. The molecule has 1 aromatic heterocycles. The fourth-order valence-electron chi connectivity index (χ4n) is 3.21. The predicted molar refractivity (Wildman–Crippen MR) is 106 cm³/mol. The first-order valence-corrected chi connectivity index (χ1v) is 8.96. The van der Waals surface area contributed by atoms with E-state index in [-0.39, 0.29) is 0 Å². The van der Waals surface area contributed by atoms with Crippen molar-refractivity contribution in [3.63, 3.8) is 0 Å². The minimum absolute atomic E-state index is 0.349. The third-order valence-electron chi connectivity index (χ3n) is 4.80. The number of nitrogens with zero attached hydrogens (tertiary/aromatic N) is 2. The first-order chi connectivity index (χ1) is 13.4. The van der Waals surface area contributed by atoms with Crippen molar-refractivity contribution in [3.8, 4) is 5.75 Å². The number of hydrogen-bond acceptors (Lipinski definition) is 4. The Morgan fingerprint density at radius 3 is 2.14 bits per heavy atom. The number of ketones is 1. The highest BCUT2D eigenvalue weighted by molar-refractivity contribution is 6.43. The molecule has 0 spiro atoms. The number of aryl methyl sites for hydroxylation is 2. The fraction of sp³-hybridized carbons (Fsp3) is 0.227. The summed E-state index contributed by atoms with van der Waals surface area (Å²) in [6.45, 7) is 3.50. The highest BCUT2D eigenvalue weighted by Gasteiger charge is 2.27. The number of amides is 1. The molecule has 0 radical (unpaired) electrons. The van der Waals surface area contributed by atoms with Gasteiger partial charge in [0.05, 0.1) is 24.4 Å². The van der Waals surface area contributed by atoms with Crippen molar-refractivity contribution < 1.29 is 14.3 Å². The smallest absolute Gasteiger partial charge is 0.293 e. The van der Waals surface area contributed by atoms with Gasteiger partial charge in [0.2, 0.25) is 0 Å². The summed E-state index contributed by atoms with van der Waals surface area (Å²) in [5, 5.41) is 7.11. The first kappa shape index (κ1) is 19.4. The number of Topliss-reactive ketones (excluding diaryl/α,β-unsaturated/α-hetero) is 1. The van der Waals surface area contributed by atoms with Crippen molar-refractivity contribution in [3.05, 3.63) is 82.7 Å². The van der Waals surface area contributed by atoms with Crippen LogP contribution in [0, 0.1) is 13.8 Å². The van der Waals surface area contributed by atoms with Gasteiger partial charge in [-0.15, -0.1) is 0 Å². The van der Waals surface area contributed by atoms with Crippen molar-refractivity contribution in [2.45, 2.75) is 19.9 Å². The van der Waals surface area contributed by atoms with E-state index < -0.39 is 17.7 Å².